The Morgan fingerprint density at radius 3 is 2.83 bits per heavy atom. The maximum Gasteiger partial charge on any atom is 0.343 e. The molecule has 1 aromatic heterocycles. The lowest BCUT2D eigenvalue weighted by atomic mass is 10.1. The first-order chi connectivity index (χ1) is 8.74. The highest BCUT2D eigenvalue weighted by Crippen LogP contribution is 2.20. The number of ether oxygens (including phenoxy) is 1. The van der Waals surface area contributed by atoms with Crippen molar-refractivity contribution in [3.05, 3.63) is 47.9 Å². The summed E-state index contributed by atoms with van der Waals surface area (Å²) >= 11 is 0. The van der Waals surface area contributed by atoms with E-state index in [1.54, 1.807) is 6.92 Å². The first kappa shape index (κ1) is 14.0. The average Bonchev–Trinajstić information content (AvgIpc) is 2.84. The molecular weight excluding hydrogens is 230 g/mol. The van der Waals surface area contributed by atoms with Gasteiger partial charge in [0.2, 0.25) is 0 Å². The van der Waals surface area contributed by atoms with E-state index in [2.05, 4.69) is 5.16 Å². The van der Waals surface area contributed by atoms with Gasteiger partial charge in [0, 0.05) is 5.57 Å². The maximum absolute atomic E-state index is 11.7. The molecule has 96 valence electrons. The number of carbonyl (C=O) groups is 1. The quantitative estimate of drug-likeness (QED) is 0.591. The number of esters is 1. The van der Waals surface area contributed by atoms with E-state index in [4.69, 9.17) is 9.26 Å². The molecule has 0 saturated heterocycles. The van der Waals surface area contributed by atoms with E-state index in [9.17, 15) is 4.79 Å². The van der Waals surface area contributed by atoms with E-state index in [0.717, 1.165) is 5.57 Å². The smallest absolute Gasteiger partial charge is 0.343 e. The Balaban J connectivity index is 3.14. The molecule has 4 nitrogen and oxygen atoms in total. The van der Waals surface area contributed by atoms with Gasteiger partial charge in [0.05, 0.1) is 6.61 Å². The van der Waals surface area contributed by atoms with Gasteiger partial charge in [0.25, 0.3) is 0 Å². The van der Waals surface area contributed by atoms with Crippen LogP contribution in [0.5, 0.6) is 0 Å². The molecule has 0 amide bonds. The number of allylic oxidation sites excluding steroid dienone is 6. The van der Waals surface area contributed by atoms with E-state index >= 15 is 0 Å². The fraction of sp³-hybridized carbons (Fsp3) is 0.286. The van der Waals surface area contributed by atoms with Crippen molar-refractivity contribution in [2.24, 2.45) is 0 Å². The monoisotopic (exact) mass is 247 g/mol. The van der Waals surface area contributed by atoms with Crippen molar-refractivity contribution >= 4 is 11.5 Å². The summed E-state index contributed by atoms with van der Waals surface area (Å²) in [6.07, 6.45) is 10.7. The summed E-state index contributed by atoms with van der Waals surface area (Å²) < 4.78 is 9.82. The molecule has 0 fully saturated rings. The van der Waals surface area contributed by atoms with Crippen LogP contribution in [0.3, 0.4) is 0 Å². The molecule has 0 N–H and O–H groups in total. The van der Waals surface area contributed by atoms with Gasteiger partial charge in [-0.25, -0.2) is 4.79 Å². The van der Waals surface area contributed by atoms with Gasteiger partial charge in [0.1, 0.15) is 17.5 Å². The van der Waals surface area contributed by atoms with Crippen molar-refractivity contribution in [2.75, 3.05) is 6.61 Å². The summed E-state index contributed by atoms with van der Waals surface area (Å²) in [4.78, 5) is 11.7. The Morgan fingerprint density at radius 1 is 1.44 bits per heavy atom. The summed E-state index contributed by atoms with van der Waals surface area (Å²) in [7, 11) is 0. The van der Waals surface area contributed by atoms with E-state index in [0.29, 0.717) is 17.9 Å². The lowest BCUT2D eigenvalue weighted by Gasteiger charge is -2.01. The molecule has 18 heavy (non-hydrogen) atoms. The molecule has 0 saturated carbocycles. The molecule has 0 radical (unpaired) electrons. The van der Waals surface area contributed by atoms with Crippen LogP contribution in [0, 0.1) is 0 Å². The average molecular weight is 247 g/mol. The van der Waals surface area contributed by atoms with E-state index in [-0.39, 0.29) is 0 Å². The minimum Gasteiger partial charge on any atom is -0.462 e. The van der Waals surface area contributed by atoms with Gasteiger partial charge in [-0.3, -0.25) is 0 Å². The Kier molecular flexibility index (Phi) is 5.64. The zero-order chi connectivity index (χ0) is 13.4. The molecule has 1 rings (SSSR count). The van der Waals surface area contributed by atoms with Gasteiger partial charge in [-0.05, 0) is 20.8 Å². The van der Waals surface area contributed by atoms with Gasteiger partial charge in [-0.15, -0.1) is 0 Å². The lowest BCUT2D eigenvalue weighted by molar-refractivity contribution is 0.0525. The van der Waals surface area contributed by atoms with Crippen LogP contribution in [-0.4, -0.2) is 17.7 Å². The molecule has 0 atom stereocenters. The molecule has 0 bridgehead atoms. The first-order valence-electron chi connectivity index (χ1n) is 5.82. The van der Waals surface area contributed by atoms with Crippen molar-refractivity contribution in [2.45, 2.75) is 20.8 Å². The van der Waals surface area contributed by atoms with Crippen molar-refractivity contribution < 1.29 is 14.1 Å². The van der Waals surface area contributed by atoms with Gasteiger partial charge >= 0.3 is 5.97 Å². The maximum atomic E-state index is 11.7. The van der Waals surface area contributed by atoms with Gasteiger partial charge in [0.15, 0.2) is 0 Å². The summed E-state index contributed by atoms with van der Waals surface area (Å²) in [6, 6.07) is 0. The lowest BCUT2D eigenvalue weighted by Crippen LogP contribution is -2.06. The van der Waals surface area contributed by atoms with Crippen LogP contribution < -0.4 is 0 Å². The number of hydrogen-bond acceptors (Lipinski definition) is 4. The first-order valence-corrected chi connectivity index (χ1v) is 5.82. The van der Waals surface area contributed by atoms with Gasteiger partial charge in [-0.2, -0.15) is 0 Å². The Bertz CT molecular complexity index is 481. The number of nitrogens with zero attached hydrogens (tertiary/aromatic N) is 1. The zero-order valence-corrected chi connectivity index (χ0v) is 10.8. The number of aromatic nitrogens is 1. The third kappa shape index (κ3) is 3.45. The van der Waals surface area contributed by atoms with Crippen LogP contribution >= 0.6 is 0 Å². The molecule has 0 aliphatic carbocycles. The summed E-state index contributed by atoms with van der Waals surface area (Å²) in [5, 5.41) is 3.86. The van der Waals surface area contributed by atoms with E-state index < -0.39 is 5.97 Å². The van der Waals surface area contributed by atoms with Crippen molar-refractivity contribution in [3.8, 4) is 0 Å². The molecule has 0 aliphatic heterocycles. The van der Waals surface area contributed by atoms with Crippen molar-refractivity contribution in [1.82, 2.24) is 5.16 Å². The molecular formula is C14H17NO3. The van der Waals surface area contributed by atoms with Gasteiger partial charge in [-0.1, -0.05) is 35.5 Å². The SMILES string of the molecule is C\C=C/C=C(\C=C/C)c1nocc1C(=O)OCC. The van der Waals surface area contributed by atoms with Crippen LogP contribution in [0.15, 0.2) is 41.2 Å². The molecule has 4 heteroatoms. The molecule has 0 aliphatic rings. The Labute approximate surface area is 107 Å². The molecule has 0 aromatic carbocycles. The highest BCUT2D eigenvalue weighted by atomic mass is 16.5. The van der Waals surface area contributed by atoms with Crippen LogP contribution in [-0.2, 0) is 4.74 Å². The van der Waals surface area contributed by atoms with Crippen LogP contribution in [0.1, 0.15) is 36.8 Å². The fourth-order valence-corrected chi connectivity index (χ4v) is 1.39. The van der Waals surface area contributed by atoms with Crippen molar-refractivity contribution in [3.63, 3.8) is 0 Å². The summed E-state index contributed by atoms with van der Waals surface area (Å²) in [5.41, 5.74) is 1.63. The minimum absolute atomic E-state index is 0.320. The predicted octanol–water partition coefficient (Wildman–Crippen LogP) is 3.39. The van der Waals surface area contributed by atoms with E-state index in [1.807, 2.05) is 44.2 Å². The second kappa shape index (κ2) is 7.27. The highest BCUT2D eigenvalue weighted by molar-refractivity contribution is 5.95. The molecule has 1 aromatic rings. The molecule has 0 unspecified atom stereocenters. The van der Waals surface area contributed by atoms with Crippen LogP contribution in [0.4, 0.5) is 0 Å². The second-order valence-corrected chi connectivity index (χ2v) is 3.45. The molecule has 1 heterocycles. The van der Waals surface area contributed by atoms with Crippen LogP contribution in [0.2, 0.25) is 0 Å². The largest absolute Gasteiger partial charge is 0.462 e. The number of hydrogen-bond donors (Lipinski definition) is 0. The van der Waals surface area contributed by atoms with Gasteiger partial charge < -0.3 is 9.26 Å². The second-order valence-electron chi connectivity index (χ2n) is 3.45. The topological polar surface area (TPSA) is 52.3 Å². The predicted molar refractivity (Wildman–Crippen MR) is 70.1 cm³/mol. The fourth-order valence-electron chi connectivity index (χ4n) is 1.39. The molecule has 0 spiro atoms. The normalized spacial score (nSPS) is 12.5. The summed E-state index contributed by atoms with van der Waals surface area (Å²) in [5.74, 6) is -0.426. The van der Waals surface area contributed by atoms with Crippen LogP contribution in [0.25, 0.3) is 5.57 Å². The third-order valence-corrected chi connectivity index (χ3v) is 2.15. The van der Waals surface area contributed by atoms with E-state index in [1.165, 1.54) is 6.26 Å². The standard InChI is InChI=1S/C14H17NO3/c1-4-7-9-11(8-5-2)13-12(10-18-15-13)14(16)17-6-3/h4-5,7-10H,6H2,1-3H3/b7-4-,8-5-,11-9+. The highest BCUT2D eigenvalue weighted by Gasteiger charge is 2.18. The Hall–Kier alpha value is -2.10. The third-order valence-electron chi connectivity index (χ3n) is 2.15. The van der Waals surface area contributed by atoms with Crippen molar-refractivity contribution in [1.29, 1.82) is 0 Å². The minimum atomic E-state index is -0.426. The number of carbonyl (C=O) groups excluding carboxylic acids is 1. The Morgan fingerprint density at radius 2 is 2.22 bits per heavy atom. The zero-order valence-electron chi connectivity index (χ0n) is 10.8. The summed E-state index contributed by atoms with van der Waals surface area (Å²) in [6.45, 7) is 5.89. The number of rotatable bonds is 5.